The summed E-state index contributed by atoms with van der Waals surface area (Å²) in [6, 6.07) is 28.0. The lowest BCUT2D eigenvalue weighted by molar-refractivity contribution is -0.112. The van der Waals surface area contributed by atoms with Gasteiger partial charge in [-0.15, -0.1) is 0 Å². The first-order valence-corrected chi connectivity index (χ1v) is 8.77. The highest BCUT2D eigenvalue weighted by atomic mass is 35.5. The van der Waals surface area contributed by atoms with Crippen LogP contribution in [0.5, 0.6) is 0 Å². The molecule has 3 aromatic rings. The maximum atomic E-state index is 12.8. The van der Waals surface area contributed by atoms with Crippen molar-refractivity contribution >= 4 is 40.8 Å². The molecule has 0 aliphatic rings. The Kier molecular flexibility index (Phi) is 6.39. The first-order chi connectivity index (χ1) is 13.2. The van der Waals surface area contributed by atoms with Crippen LogP contribution in [0.3, 0.4) is 0 Å². The number of para-hydroxylation sites is 3. The summed E-state index contributed by atoms with van der Waals surface area (Å²) < 4.78 is 0. The minimum Gasteiger partial charge on any atom is -0.350 e. The van der Waals surface area contributed by atoms with Crippen LogP contribution in [-0.4, -0.2) is 12.1 Å². The van der Waals surface area contributed by atoms with Gasteiger partial charge < -0.3 is 10.6 Å². The summed E-state index contributed by atoms with van der Waals surface area (Å²) in [4.78, 5) is 17.1. The highest BCUT2D eigenvalue weighted by Gasteiger charge is 2.14. The van der Waals surface area contributed by atoms with E-state index in [0.29, 0.717) is 5.69 Å². The highest BCUT2D eigenvalue weighted by molar-refractivity contribution is 6.42. The summed E-state index contributed by atoms with van der Waals surface area (Å²) >= 11 is 6.41. The summed E-state index contributed by atoms with van der Waals surface area (Å²) in [7, 11) is 0. The van der Waals surface area contributed by atoms with E-state index in [1.807, 2.05) is 91.0 Å². The van der Waals surface area contributed by atoms with Crippen molar-refractivity contribution in [3.8, 4) is 0 Å². The number of aliphatic imine (C=N–C) groups is 1. The average Bonchev–Trinajstić information content (AvgIpc) is 2.72. The van der Waals surface area contributed by atoms with Gasteiger partial charge in [-0.3, -0.25) is 9.79 Å². The molecular formula is C22H18ClN3O. The fraction of sp³-hybridized carbons (Fsp3) is 0. The van der Waals surface area contributed by atoms with E-state index in [-0.39, 0.29) is 16.6 Å². The van der Waals surface area contributed by atoms with Crippen molar-refractivity contribution in [3.63, 3.8) is 0 Å². The second-order valence-electron chi connectivity index (χ2n) is 5.63. The summed E-state index contributed by atoms with van der Waals surface area (Å²) in [6.07, 6.45) is 1.47. The molecule has 5 heteroatoms. The van der Waals surface area contributed by atoms with Crippen molar-refractivity contribution in [3.05, 3.63) is 102 Å². The Morgan fingerprint density at radius 1 is 0.741 bits per heavy atom. The molecule has 134 valence electrons. The van der Waals surface area contributed by atoms with Crippen molar-refractivity contribution in [1.82, 2.24) is 0 Å². The van der Waals surface area contributed by atoms with Crippen LogP contribution in [0.25, 0.3) is 0 Å². The third kappa shape index (κ3) is 5.56. The predicted octanol–water partition coefficient (Wildman–Crippen LogP) is 5.59. The van der Waals surface area contributed by atoms with E-state index in [1.54, 1.807) is 0 Å². The normalized spacial score (nSPS) is 11.7. The van der Waals surface area contributed by atoms with Crippen LogP contribution in [-0.2, 0) is 4.79 Å². The molecule has 0 aliphatic heterocycles. The number of carbonyl (C=O) groups excluding carboxylic acids is 1. The third-order valence-electron chi connectivity index (χ3n) is 3.62. The number of amides is 1. The quantitative estimate of drug-likeness (QED) is 0.436. The van der Waals surface area contributed by atoms with Crippen LogP contribution in [0, 0.1) is 0 Å². The van der Waals surface area contributed by atoms with Crippen LogP contribution >= 0.6 is 11.6 Å². The van der Waals surface area contributed by atoms with Gasteiger partial charge in [-0.25, -0.2) is 0 Å². The Morgan fingerprint density at radius 2 is 1.22 bits per heavy atom. The molecule has 0 heterocycles. The van der Waals surface area contributed by atoms with Crippen LogP contribution in [0.15, 0.2) is 107 Å². The monoisotopic (exact) mass is 375 g/mol. The van der Waals surface area contributed by atoms with Gasteiger partial charge in [0.1, 0.15) is 5.70 Å². The topological polar surface area (TPSA) is 53.5 Å². The predicted molar refractivity (Wildman–Crippen MR) is 113 cm³/mol. The maximum Gasteiger partial charge on any atom is 0.273 e. The smallest absolute Gasteiger partial charge is 0.273 e. The molecule has 2 N–H and O–H groups in total. The van der Waals surface area contributed by atoms with E-state index in [9.17, 15) is 4.79 Å². The molecule has 0 atom stereocenters. The van der Waals surface area contributed by atoms with Crippen LogP contribution in [0.1, 0.15) is 0 Å². The molecule has 0 bridgehead atoms. The largest absolute Gasteiger partial charge is 0.350 e. The standard InChI is InChI=1S/C22H18ClN3O/c23-20(16-24-17-10-4-1-5-11-17)21(25-18-12-6-2-7-13-18)22(27)26-19-14-8-3-9-15-19/h1-16,25H,(H,26,27)/b21-20-,24-16?. The third-order valence-corrected chi connectivity index (χ3v) is 3.91. The average molecular weight is 376 g/mol. The molecule has 3 rings (SSSR count). The maximum absolute atomic E-state index is 12.8. The zero-order chi connectivity index (χ0) is 18.9. The lowest BCUT2D eigenvalue weighted by Crippen LogP contribution is -2.21. The van der Waals surface area contributed by atoms with Crippen molar-refractivity contribution < 1.29 is 4.79 Å². The fourth-order valence-corrected chi connectivity index (χ4v) is 2.50. The number of hydrogen-bond donors (Lipinski definition) is 2. The SMILES string of the molecule is O=C(Nc1ccccc1)/C(Nc1ccccc1)=C(/Cl)C=Nc1ccccc1. The van der Waals surface area contributed by atoms with Crippen molar-refractivity contribution in [2.24, 2.45) is 4.99 Å². The Hall–Kier alpha value is -3.37. The Labute approximate surface area is 163 Å². The number of halogens is 1. The second kappa shape index (κ2) is 9.36. The van der Waals surface area contributed by atoms with Crippen LogP contribution in [0.4, 0.5) is 17.1 Å². The van der Waals surface area contributed by atoms with Gasteiger partial charge in [-0.2, -0.15) is 0 Å². The van der Waals surface area contributed by atoms with Crippen LogP contribution in [0.2, 0.25) is 0 Å². The van der Waals surface area contributed by atoms with Gasteiger partial charge in [-0.1, -0.05) is 66.2 Å². The number of allylic oxidation sites excluding steroid dienone is 1. The Morgan fingerprint density at radius 3 is 1.78 bits per heavy atom. The molecule has 3 aromatic carbocycles. The number of rotatable bonds is 6. The lowest BCUT2D eigenvalue weighted by atomic mass is 10.2. The van der Waals surface area contributed by atoms with Crippen molar-refractivity contribution in [1.29, 1.82) is 0 Å². The molecule has 0 saturated carbocycles. The molecule has 0 unspecified atom stereocenters. The first kappa shape index (κ1) is 18.4. The zero-order valence-corrected chi connectivity index (χ0v) is 15.2. The van der Waals surface area contributed by atoms with Gasteiger partial charge in [0, 0.05) is 17.6 Å². The minimum atomic E-state index is -0.352. The molecule has 0 saturated heterocycles. The van der Waals surface area contributed by atoms with Crippen molar-refractivity contribution in [2.75, 3.05) is 10.6 Å². The molecule has 0 aliphatic carbocycles. The molecule has 0 spiro atoms. The Balaban J connectivity index is 1.88. The van der Waals surface area contributed by atoms with E-state index in [4.69, 9.17) is 11.6 Å². The number of nitrogens with zero attached hydrogens (tertiary/aromatic N) is 1. The van der Waals surface area contributed by atoms with Gasteiger partial charge in [0.15, 0.2) is 0 Å². The van der Waals surface area contributed by atoms with Gasteiger partial charge >= 0.3 is 0 Å². The molecule has 0 radical (unpaired) electrons. The van der Waals surface area contributed by atoms with Crippen LogP contribution < -0.4 is 10.6 Å². The summed E-state index contributed by atoms with van der Waals surface area (Å²) in [5.74, 6) is -0.352. The van der Waals surface area contributed by atoms with Gasteiger partial charge in [0.2, 0.25) is 0 Å². The molecular weight excluding hydrogens is 358 g/mol. The second-order valence-corrected chi connectivity index (χ2v) is 6.04. The van der Waals surface area contributed by atoms with Gasteiger partial charge in [-0.05, 0) is 36.4 Å². The number of nitrogens with one attached hydrogen (secondary N) is 2. The Bertz CT molecular complexity index is 939. The summed E-state index contributed by atoms with van der Waals surface area (Å²) in [5.41, 5.74) is 2.39. The summed E-state index contributed by atoms with van der Waals surface area (Å²) in [6.45, 7) is 0. The number of anilines is 2. The fourth-order valence-electron chi connectivity index (χ4n) is 2.32. The van der Waals surface area contributed by atoms with Gasteiger partial charge in [0.05, 0.1) is 10.7 Å². The first-order valence-electron chi connectivity index (χ1n) is 8.40. The van der Waals surface area contributed by atoms with Gasteiger partial charge in [0.25, 0.3) is 5.91 Å². The van der Waals surface area contributed by atoms with E-state index >= 15 is 0 Å². The van der Waals surface area contributed by atoms with E-state index in [0.717, 1.165) is 11.4 Å². The molecule has 0 fully saturated rings. The van der Waals surface area contributed by atoms with E-state index in [1.165, 1.54) is 6.21 Å². The zero-order valence-electron chi connectivity index (χ0n) is 14.5. The number of carbonyl (C=O) groups is 1. The minimum absolute atomic E-state index is 0.205. The number of benzene rings is 3. The lowest BCUT2D eigenvalue weighted by Gasteiger charge is -2.12. The van der Waals surface area contributed by atoms with Crippen molar-refractivity contribution in [2.45, 2.75) is 0 Å². The number of hydrogen-bond acceptors (Lipinski definition) is 3. The molecule has 27 heavy (non-hydrogen) atoms. The van der Waals surface area contributed by atoms with E-state index < -0.39 is 0 Å². The molecule has 1 amide bonds. The molecule has 4 nitrogen and oxygen atoms in total. The van der Waals surface area contributed by atoms with E-state index in [2.05, 4.69) is 15.6 Å². The highest BCUT2D eigenvalue weighted by Crippen LogP contribution is 2.18. The molecule has 0 aromatic heterocycles. The summed E-state index contributed by atoms with van der Waals surface area (Å²) in [5, 5.41) is 6.12.